The Morgan fingerprint density at radius 1 is 0.952 bits per heavy atom. The number of anilines is 1. The van der Waals surface area contributed by atoms with Gasteiger partial charge >= 0.3 is 0 Å². The van der Waals surface area contributed by atoms with E-state index in [0.717, 1.165) is 42.7 Å². The first-order valence-corrected chi connectivity index (χ1v) is 7.88. The Hall–Kier alpha value is -1.22. The Morgan fingerprint density at radius 3 is 2.24 bits per heavy atom. The molecular formula is C17H17Cl2NO. The van der Waals surface area contributed by atoms with Crippen molar-refractivity contribution in [1.82, 2.24) is 0 Å². The van der Waals surface area contributed by atoms with Gasteiger partial charge in [-0.15, -0.1) is 0 Å². The van der Waals surface area contributed by atoms with Gasteiger partial charge in [-0.05, 0) is 42.7 Å². The molecule has 4 heteroatoms. The van der Waals surface area contributed by atoms with Crippen molar-refractivity contribution in [2.45, 2.75) is 18.9 Å². The first-order chi connectivity index (χ1) is 10.1. The van der Waals surface area contributed by atoms with Crippen molar-refractivity contribution in [2.24, 2.45) is 0 Å². The quantitative estimate of drug-likeness (QED) is 0.872. The van der Waals surface area contributed by atoms with Gasteiger partial charge in [-0.2, -0.15) is 0 Å². The number of halogens is 2. The van der Waals surface area contributed by atoms with Gasteiger partial charge in [-0.3, -0.25) is 0 Å². The van der Waals surface area contributed by atoms with Gasteiger partial charge in [-0.25, -0.2) is 0 Å². The van der Waals surface area contributed by atoms with Crippen LogP contribution in [0.4, 0.5) is 5.69 Å². The summed E-state index contributed by atoms with van der Waals surface area (Å²) in [5, 5.41) is 10.9. The van der Waals surface area contributed by atoms with Gasteiger partial charge in [0, 0.05) is 34.4 Å². The summed E-state index contributed by atoms with van der Waals surface area (Å²) in [4.78, 5) is 2.29. The molecule has 1 fully saturated rings. The Bertz CT molecular complexity index is 616. The van der Waals surface area contributed by atoms with Crippen LogP contribution in [0.2, 0.25) is 10.0 Å². The Balaban J connectivity index is 1.93. The minimum absolute atomic E-state index is 0.164. The number of aliphatic hydroxyl groups is 1. The summed E-state index contributed by atoms with van der Waals surface area (Å²) < 4.78 is 0. The number of hydrogen-bond donors (Lipinski definition) is 1. The van der Waals surface area contributed by atoms with Gasteiger partial charge in [0.25, 0.3) is 0 Å². The molecule has 0 spiro atoms. The molecule has 2 nitrogen and oxygen atoms in total. The third-order valence-electron chi connectivity index (χ3n) is 3.93. The third-order valence-corrected chi connectivity index (χ3v) is 4.56. The number of hydrogen-bond acceptors (Lipinski definition) is 2. The van der Waals surface area contributed by atoms with Gasteiger partial charge in [0.15, 0.2) is 0 Å². The normalized spacial score (nSPS) is 16.2. The highest BCUT2D eigenvalue weighted by atomic mass is 35.5. The lowest BCUT2D eigenvalue weighted by molar-refractivity contribution is 0.145. The number of nitrogens with zero attached hydrogens (tertiary/aromatic N) is 1. The molecule has 0 aliphatic carbocycles. The van der Waals surface area contributed by atoms with E-state index in [9.17, 15) is 5.11 Å². The first kappa shape index (κ1) is 14.7. The molecule has 0 saturated carbocycles. The predicted molar refractivity (Wildman–Crippen MR) is 89.4 cm³/mol. The largest absolute Gasteiger partial charge is 0.393 e. The lowest BCUT2D eigenvalue weighted by atomic mass is 10.0. The van der Waals surface area contributed by atoms with Crippen LogP contribution in [0.1, 0.15) is 12.8 Å². The van der Waals surface area contributed by atoms with Crippen LogP contribution in [0.15, 0.2) is 42.5 Å². The van der Waals surface area contributed by atoms with E-state index in [4.69, 9.17) is 23.2 Å². The number of rotatable bonds is 2. The average molecular weight is 322 g/mol. The summed E-state index contributed by atoms with van der Waals surface area (Å²) in [7, 11) is 0. The van der Waals surface area contributed by atoms with Crippen molar-refractivity contribution in [1.29, 1.82) is 0 Å². The summed E-state index contributed by atoms with van der Waals surface area (Å²) in [6.45, 7) is 1.75. The lowest BCUT2D eigenvalue weighted by Crippen LogP contribution is -2.35. The SMILES string of the molecule is OC1CCN(c2cccc(-c3c(Cl)cccc3Cl)c2)CC1. The molecule has 21 heavy (non-hydrogen) atoms. The second-order valence-corrected chi connectivity index (χ2v) is 6.18. The van der Waals surface area contributed by atoms with E-state index in [1.807, 2.05) is 30.3 Å². The molecule has 0 unspecified atom stereocenters. The van der Waals surface area contributed by atoms with E-state index < -0.39 is 0 Å². The molecule has 0 atom stereocenters. The highest BCUT2D eigenvalue weighted by Gasteiger charge is 2.18. The van der Waals surface area contributed by atoms with Gasteiger partial charge in [0.05, 0.1) is 6.10 Å². The molecule has 0 bridgehead atoms. The fourth-order valence-corrected chi connectivity index (χ4v) is 3.37. The van der Waals surface area contributed by atoms with Crippen LogP contribution in [-0.4, -0.2) is 24.3 Å². The number of benzene rings is 2. The van der Waals surface area contributed by atoms with Crippen molar-refractivity contribution in [3.63, 3.8) is 0 Å². The molecule has 110 valence electrons. The van der Waals surface area contributed by atoms with E-state index in [1.165, 1.54) is 0 Å². The summed E-state index contributed by atoms with van der Waals surface area (Å²) in [5.41, 5.74) is 3.05. The molecule has 2 aromatic rings. The van der Waals surface area contributed by atoms with Crippen molar-refractivity contribution >= 4 is 28.9 Å². The van der Waals surface area contributed by atoms with Crippen LogP contribution >= 0.6 is 23.2 Å². The molecule has 1 aliphatic heterocycles. The number of piperidine rings is 1. The monoisotopic (exact) mass is 321 g/mol. The van der Waals surface area contributed by atoms with Crippen LogP contribution in [0, 0.1) is 0 Å². The maximum atomic E-state index is 9.62. The number of aliphatic hydroxyl groups excluding tert-OH is 1. The Labute approximate surface area is 134 Å². The van der Waals surface area contributed by atoms with Crippen LogP contribution < -0.4 is 4.90 Å². The van der Waals surface area contributed by atoms with Crippen molar-refractivity contribution < 1.29 is 5.11 Å². The van der Waals surface area contributed by atoms with E-state index in [-0.39, 0.29) is 6.10 Å². The lowest BCUT2D eigenvalue weighted by Gasteiger charge is -2.31. The fraction of sp³-hybridized carbons (Fsp3) is 0.294. The predicted octanol–water partition coefficient (Wildman–Crippen LogP) is 4.62. The maximum Gasteiger partial charge on any atom is 0.0574 e. The summed E-state index contributed by atoms with van der Waals surface area (Å²) in [6.07, 6.45) is 1.47. The summed E-state index contributed by atoms with van der Waals surface area (Å²) >= 11 is 12.6. The third kappa shape index (κ3) is 3.18. The molecule has 0 aromatic heterocycles. The zero-order valence-corrected chi connectivity index (χ0v) is 13.1. The molecule has 1 N–H and O–H groups in total. The molecule has 0 radical (unpaired) electrons. The van der Waals surface area contributed by atoms with Crippen molar-refractivity contribution in [2.75, 3.05) is 18.0 Å². The van der Waals surface area contributed by atoms with E-state index in [2.05, 4.69) is 17.0 Å². The fourth-order valence-electron chi connectivity index (χ4n) is 2.76. The van der Waals surface area contributed by atoms with Gasteiger partial charge in [0.1, 0.15) is 0 Å². The van der Waals surface area contributed by atoms with Crippen LogP contribution in [0.3, 0.4) is 0 Å². The van der Waals surface area contributed by atoms with Crippen LogP contribution in [-0.2, 0) is 0 Å². The van der Waals surface area contributed by atoms with Crippen molar-refractivity contribution in [3.8, 4) is 11.1 Å². The molecular weight excluding hydrogens is 305 g/mol. The standard InChI is InChI=1S/C17H17Cl2NO/c18-15-5-2-6-16(19)17(15)12-3-1-4-13(11-12)20-9-7-14(21)8-10-20/h1-6,11,14,21H,7-10H2. The molecule has 1 aliphatic rings. The van der Waals surface area contributed by atoms with E-state index in [0.29, 0.717) is 10.0 Å². The highest BCUT2D eigenvalue weighted by Crippen LogP contribution is 2.36. The maximum absolute atomic E-state index is 9.62. The zero-order valence-electron chi connectivity index (χ0n) is 11.6. The molecule has 1 saturated heterocycles. The smallest absolute Gasteiger partial charge is 0.0574 e. The topological polar surface area (TPSA) is 23.5 Å². The summed E-state index contributed by atoms with van der Waals surface area (Å²) in [6, 6.07) is 13.8. The minimum atomic E-state index is -0.164. The molecule has 3 rings (SSSR count). The van der Waals surface area contributed by atoms with Gasteiger partial charge in [-0.1, -0.05) is 41.4 Å². The average Bonchev–Trinajstić information content (AvgIpc) is 2.48. The zero-order chi connectivity index (χ0) is 14.8. The van der Waals surface area contributed by atoms with Gasteiger partial charge in [0.2, 0.25) is 0 Å². The van der Waals surface area contributed by atoms with Crippen LogP contribution in [0.5, 0.6) is 0 Å². The molecule has 2 aromatic carbocycles. The molecule has 0 amide bonds. The van der Waals surface area contributed by atoms with Crippen molar-refractivity contribution in [3.05, 3.63) is 52.5 Å². The second kappa shape index (κ2) is 6.27. The van der Waals surface area contributed by atoms with E-state index in [1.54, 1.807) is 0 Å². The first-order valence-electron chi connectivity index (χ1n) is 7.12. The summed E-state index contributed by atoms with van der Waals surface area (Å²) in [5.74, 6) is 0. The second-order valence-electron chi connectivity index (χ2n) is 5.37. The Morgan fingerprint density at radius 2 is 1.57 bits per heavy atom. The van der Waals surface area contributed by atoms with Crippen LogP contribution in [0.25, 0.3) is 11.1 Å². The highest BCUT2D eigenvalue weighted by molar-refractivity contribution is 6.39. The Kier molecular flexibility index (Phi) is 4.39. The van der Waals surface area contributed by atoms with E-state index >= 15 is 0 Å². The van der Waals surface area contributed by atoms with Gasteiger partial charge < -0.3 is 10.0 Å². The minimum Gasteiger partial charge on any atom is -0.393 e. The molecule has 1 heterocycles.